The second-order valence-corrected chi connectivity index (χ2v) is 6.97. The first kappa shape index (κ1) is 20.1. The Balaban J connectivity index is 1.50. The van der Waals surface area contributed by atoms with Gasteiger partial charge in [-0.05, 0) is 55.8 Å². The molecule has 8 heteroatoms. The molecule has 0 aliphatic carbocycles. The number of phenols is 1. The molecule has 4 rings (SSSR count). The van der Waals surface area contributed by atoms with E-state index in [1.807, 2.05) is 44.2 Å². The van der Waals surface area contributed by atoms with Crippen molar-refractivity contribution in [1.29, 1.82) is 0 Å². The summed E-state index contributed by atoms with van der Waals surface area (Å²) < 4.78 is 7.57. The maximum absolute atomic E-state index is 12.2. The first-order valence-corrected chi connectivity index (χ1v) is 9.67. The minimum absolute atomic E-state index is 0.166. The smallest absolute Gasteiger partial charge is 0.277 e. The molecule has 2 heterocycles. The Kier molecular flexibility index (Phi) is 5.61. The number of hydrogen-bond donors (Lipinski definition) is 2. The van der Waals surface area contributed by atoms with Crippen LogP contribution in [0.2, 0.25) is 0 Å². The lowest BCUT2D eigenvalue weighted by Gasteiger charge is -2.09. The number of rotatable bonds is 6. The molecule has 0 unspecified atom stereocenters. The van der Waals surface area contributed by atoms with Crippen molar-refractivity contribution >= 4 is 23.2 Å². The fourth-order valence-electron chi connectivity index (χ4n) is 3.15. The van der Waals surface area contributed by atoms with Gasteiger partial charge in [0.05, 0.1) is 23.0 Å². The number of phenolic OH excluding ortho intramolecular Hbond substituents is 1. The number of aromatic hydroxyl groups is 1. The van der Waals surface area contributed by atoms with Crippen LogP contribution in [-0.4, -0.2) is 38.6 Å². The highest BCUT2D eigenvalue weighted by molar-refractivity contribution is 5.87. The normalized spacial score (nSPS) is 11.2. The van der Waals surface area contributed by atoms with E-state index in [0.717, 1.165) is 28.0 Å². The van der Waals surface area contributed by atoms with Gasteiger partial charge in [0.2, 0.25) is 0 Å². The van der Waals surface area contributed by atoms with E-state index in [1.165, 1.54) is 6.21 Å². The predicted octanol–water partition coefficient (Wildman–Crippen LogP) is 3.27. The molecule has 0 saturated heterocycles. The SMILES string of the molecule is Cc1cc(OCC(=O)N/N=C/c2ccc(O)cc2)c2c(C)nn(-c3ccccc3)c2n1. The van der Waals surface area contributed by atoms with E-state index in [1.54, 1.807) is 35.0 Å². The van der Waals surface area contributed by atoms with Gasteiger partial charge >= 0.3 is 0 Å². The van der Waals surface area contributed by atoms with E-state index < -0.39 is 5.91 Å². The lowest BCUT2D eigenvalue weighted by Crippen LogP contribution is -2.24. The molecule has 0 saturated carbocycles. The van der Waals surface area contributed by atoms with Gasteiger partial charge in [0.15, 0.2) is 12.3 Å². The van der Waals surface area contributed by atoms with E-state index in [4.69, 9.17) is 4.74 Å². The number of pyridine rings is 1. The van der Waals surface area contributed by atoms with E-state index in [-0.39, 0.29) is 12.4 Å². The highest BCUT2D eigenvalue weighted by atomic mass is 16.5. The summed E-state index contributed by atoms with van der Waals surface area (Å²) in [6.07, 6.45) is 1.49. The average Bonchev–Trinajstić information content (AvgIpc) is 3.10. The Morgan fingerprint density at radius 1 is 1.16 bits per heavy atom. The fourth-order valence-corrected chi connectivity index (χ4v) is 3.15. The number of nitrogens with zero attached hydrogens (tertiary/aromatic N) is 4. The van der Waals surface area contributed by atoms with E-state index in [9.17, 15) is 9.90 Å². The number of carbonyl (C=O) groups is 1. The first-order valence-electron chi connectivity index (χ1n) is 9.67. The summed E-state index contributed by atoms with van der Waals surface area (Å²) >= 11 is 0. The molecule has 4 aromatic rings. The van der Waals surface area contributed by atoms with Crippen molar-refractivity contribution < 1.29 is 14.6 Å². The zero-order valence-corrected chi connectivity index (χ0v) is 17.1. The number of amides is 1. The number of ether oxygens (including phenoxy) is 1. The number of hydrogen-bond acceptors (Lipinski definition) is 6. The molecule has 156 valence electrons. The number of aryl methyl sites for hydroxylation is 2. The molecule has 31 heavy (non-hydrogen) atoms. The third-order valence-electron chi connectivity index (χ3n) is 4.56. The number of hydrazone groups is 1. The Bertz CT molecular complexity index is 1250. The molecule has 2 N–H and O–H groups in total. The number of aromatic nitrogens is 3. The topological polar surface area (TPSA) is 102 Å². The summed E-state index contributed by atoms with van der Waals surface area (Å²) in [7, 11) is 0. The molecule has 0 fully saturated rings. The van der Waals surface area contributed by atoms with Crippen molar-refractivity contribution in [3.63, 3.8) is 0 Å². The van der Waals surface area contributed by atoms with Crippen molar-refractivity contribution in [3.8, 4) is 17.2 Å². The Hall–Kier alpha value is -4.20. The van der Waals surface area contributed by atoms with Crippen LogP contribution in [0.5, 0.6) is 11.5 Å². The number of benzene rings is 2. The predicted molar refractivity (Wildman–Crippen MR) is 118 cm³/mol. The highest BCUT2D eigenvalue weighted by Gasteiger charge is 2.17. The molecule has 0 bridgehead atoms. The van der Waals surface area contributed by atoms with Gasteiger partial charge in [-0.3, -0.25) is 4.79 Å². The fraction of sp³-hybridized carbons (Fsp3) is 0.130. The molecular weight excluding hydrogens is 394 g/mol. The lowest BCUT2D eigenvalue weighted by atomic mass is 10.2. The van der Waals surface area contributed by atoms with Crippen LogP contribution in [-0.2, 0) is 4.79 Å². The zero-order chi connectivity index (χ0) is 21.8. The van der Waals surface area contributed by atoms with Crippen LogP contribution in [0.4, 0.5) is 0 Å². The van der Waals surface area contributed by atoms with Crippen molar-refractivity contribution in [2.24, 2.45) is 5.10 Å². The van der Waals surface area contributed by atoms with E-state index in [0.29, 0.717) is 11.4 Å². The van der Waals surface area contributed by atoms with Gasteiger partial charge in [-0.25, -0.2) is 15.1 Å². The van der Waals surface area contributed by atoms with Crippen LogP contribution in [0.15, 0.2) is 65.8 Å². The quantitative estimate of drug-likeness (QED) is 0.372. The standard InChI is InChI=1S/C23H21N5O3/c1-15-12-20(31-14-21(30)26-24-13-17-8-10-19(29)11-9-17)22-16(2)27-28(23(22)25-15)18-6-4-3-5-7-18/h3-13,29H,14H2,1-2H3,(H,26,30)/b24-13+. The molecule has 8 nitrogen and oxygen atoms in total. The Morgan fingerprint density at radius 2 is 1.90 bits per heavy atom. The van der Waals surface area contributed by atoms with Gasteiger partial charge < -0.3 is 9.84 Å². The van der Waals surface area contributed by atoms with Gasteiger partial charge in [0.25, 0.3) is 5.91 Å². The summed E-state index contributed by atoms with van der Waals surface area (Å²) in [6, 6.07) is 18.0. The molecule has 0 spiro atoms. The highest BCUT2D eigenvalue weighted by Crippen LogP contribution is 2.30. The second kappa shape index (κ2) is 8.66. The van der Waals surface area contributed by atoms with Crippen molar-refractivity contribution in [1.82, 2.24) is 20.2 Å². The van der Waals surface area contributed by atoms with Gasteiger partial charge in [-0.1, -0.05) is 18.2 Å². The summed E-state index contributed by atoms with van der Waals surface area (Å²) in [6.45, 7) is 3.54. The molecule has 2 aromatic heterocycles. The minimum Gasteiger partial charge on any atom is -0.508 e. The first-order chi connectivity index (χ1) is 15.0. The van der Waals surface area contributed by atoms with Crippen LogP contribution in [0.1, 0.15) is 17.0 Å². The number of fused-ring (bicyclic) bond motifs is 1. The molecule has 0 aliphatic rings. The van der Waals surface area contributed by atoms with E-state index >= 15 is 0 Å². The van der Waals surface area contributed by atoms with Crippen LogP contribution in [0, 0.1) is 13.8 Å². The van der Waals surface area contributed by atoms with Gasteiger partial charge in [0.1, 0.15) is 11.5 Å². The third kappa shape index (κ3) is 4.53. The van der Waals surface area contributed by atoms with Gasteiger partial charge in [-0.15, -0.1) is 0 Å². The zero-order valence-electron chi connectivity index (χ0n) is 17.1. The number of carbonyl (C=O) groups excluding carboxylic acids is 1. The third-order valence-corrected chi connectivity index (χ3v) is 4.56. The number of nitrogens with one attached hydrogen (secondary N) is 1. The monoisotopic (exact) mass is 415 g/mol. The molecule has 0 radical (unpaired) electrons. The second-order valence-electron chi connectivity index (χ2n) is 6.97. The van der Waals surface area contributed by atoms with E-state index in [2.05, 4.69) is 20.6 Å². The molecule has 0 atom stereocenters. The largest absolute Gasteiger partial charge is 0.508 e. The summed E-state index contributed by atoms with van der Waals surface area (Å²) in [5.41, 5.74) is 6.25. The average molecular weight is 415 g/mol. The lowest BCUT2D eigenvalue weighted by molar-refractivity contribution is -0.123. The van der Waals surface area contributed by atoms with Crippen LogP contribution in [0.25, 0.3) is 16.7 Å². The van der Waals surface area contributed by atoms with Crippen molar-refractivity contribution in [2.45, 2.75) is 13.8 Å². The summed E-state index contributed by atoms with van der Waals surface area (Å²) in [4.78, 5) is 16.8. The molecule has 1 amide bonds. The van der Waals surface area contributed by atoms with Gasteiger partial charge in [0, 0.05) is 11.8 Å². The van der Waals surface area contributed by atoms with Crippen LogP contribution >= 0.6 is 0 Å². The summed E-state index contributed by atoms with van der Waals surface area (Å²) in [5.74, 6) is 0.310. The molecular formula is C23H21N5O3. The Labute approximate surface area is 178 Å². The van der Waals surface area contributed by atoms with Gasteiger partial charge in [-0.2, -0.15) is 10.2 Å². The van der Waals surface area contributed by atoms with Crippen molar-refractivity contribution in [3.05, 3.63) is 77.6 Å². The maximum Gasteiger partial charge on any atom is 0.277 e. The minimum atomic E-state index is -0.397. The maximum atomic E-state index is 12.2. The number of para-hydroxylation sites is 1. The van der Waals surface area contributed by atoms with Crippen LogP contribution < -0.4 is 10.2 Å². The van der Waals surface area contributed by atoms with Crippen LogP contribution in [0.3, 0.4) is 0 Å². The van der Waals surface area contributed by atoms with Crippen molar-refractivity contribution in [2.75, 3.05) is 6.61 Å². The Morgan fingerprint density at radius 3 is 2.65 bits per heavy atom. The molecule has 0 aliphatic heterocycles. The molecule has 2 aromatic carbocycles. The summed E-state index contributed by atoms with van der Waals surface area (Å²) in [5, 5.41) is 18.6.